The molecule has 0 saturated carbocycles. The normalized spacial score (nSPS) is 12.7. The number of hydrogen-bond acceptors (Lipinski definition) is 4. The van der Waals surface area contributed by atoms with Crippen LogP contribution in [0, 0.1) is 0 Å². The van der Waals surface area contributed by atoms with E-state index in [0.29, 0.717) is 16.8 Å². The summed E-state index contributed by atoms with van der Waals surface area (Å²) in [5.41, 5.74) is 0. The van der Waals surface area contributed by atoms with E-state index in [0.717, 1.165) is 6.42 Å². The van der Waals surface area contributed by atoms with E-state index in [4.69, 9.17) is 9.52 Å². The molecule has 4 heteroatoms. The summed E-state index contributed by atoms with van der Waals surface area (Å²) in [6.07, 6.45) is 2.21. The maximum absolute atomic E-state index is 11.4. The Morgan fingerprint density at radius 2 is 2.50 bits per heavy atom. The van der Waals surface area contributed by atoms with Crippen molar-refractivity contribution in [2.75, 3.05) is 12.4 Å². The topological polar surface area (TPSA) is 50.4 Å². The maximum atomic E-state index is 11.4. The number of aliphatic hydroxyl groups excluding tert-OH is 1. The van der Waals surface area contributed by atoms with Crippen LogP contribution in [0.5, 0.6) is 0 Å². The average Bonchev–Trinajstić information content (AvgIpc) is 2.67. The van der Waals surface area contributed by atoms with Gasteiger partial charge in [0, 0.05) is 11.9 Å². The molecule has 1 heterocycles. The first kappa shape index (κ1) is 11.3. The van der Waals surface area contributed by atoms with Gasteiger partial charge in [-0.2, -0.15) is 11.8 Å². The summed E-state index contributed by atoms with van der Waals surface area (Å²) in [6.45, 7) is 2.17. The second-order valence-corrected chi connectivity index (χ2v) is 4.46. The fourth-order valence-electron chi connectivity index (χ4n) is 0.991. The predicted octanol–water partition coefficient (Wildman–Crippen LogP) is 1.97. The van der Waals surface area contributed by atoms with Crippen LogP contribution in [0.2, 0.25) is 0 Å². The largest absolute Gasteiger partial charge is 0.461 e. The van der Waals surface area contributed by atoms with Gasteiger partial charge in [-0.15, -0.1) is 0 Å². The zero-order valence-corrected chi connectivity index (χ0v) is 8.92. The zero-order valence-electron chi connectivity index (χ0n) is 8.10. The Morgan fingerprint density at radius 3 is 3.07 bits per heavy atom. The second kappa shape index (κ2) is 5.88. The van der Waals surface area contributed by atoms with Crippen LogP contribution in [-0.2, 0) is 0 Å². The molecule has 0 aromatic carbocycles. The number of hydrogen-bond donors (Lipinski definition) is 1. The minimum atomic E-state index is 0.00443. The summed E-state index contributed by atoms with van der Waals surface area (Å²) < 4.78 is 4.98. The lowest BCUT2D eigenvalue weighted by atomic mass is 10.3. The molecule has 0 fully saturated rings. The SMILES string of the molecule is CC(CCO)SCC(=O)c1ccco1. The van der Waals surface area contributed by atoms with Gasteiger partial charge >= 0.3 is 0 Å². The van der Waals surface area contributed by atoms with Crippen molar-refractivity contribution in [3.63, 3.8) is 0 Å². The van der Waals surface area contributed by atoms with Gasteiger partial charge in [0.05, 0.1) is 12.0 Å². The lowest BCUT2D eigenvalue weighted by molar-refractivity contribution is 0.0992. The Bertz CT molecular complexity index is 269. The first-order valence-electron chi connectivity index (χ1n) is 4.53. The molecule has 1 aromatic rings. The van der Waals surface area contributed by atoms with Crippen LogP contribution >= 0.6 is 11.8 Å². The molecule has 14 heavy (non-hydrogen) atoms. The summed E-state index contributed by atoms with van der Waals surface area (Å²) in [4.78, 5) is 11.4. The van der Waals surface area contributed by atoms with Gasteiger partial charge in [-0.05, 0) is 18.6 Å². The van der Waals surface area contributed by atoms with Crippen LogP contribution in [-0.4, -0.2) is 28.5 Å². The van der Waals surface area contributed by atoms with Crippen molar-refractivity contribution in [1.82, 2.24) is 0 Å². The number of ketones is 1. The molecular formula is C10H14O3S. The van der Waals surface area contributed by atoms with Crippen molar-refractivity contribution < 1.29 is 14.3 Å². The van der Waals surface area contributed by atoms with E-state index >= 15 is 0 Å². The molecule has 0 aliphatic carbocycles. The third kappa shape index (κ3) is 3.55. The van der Waals surface area contributed by atoms with E-state index in [9.17, 15) is 4.79 Å². The Morgan fingerprint density at radius 1 is 1.71 bits per heavy atom. The Kier molecular flexibility index (Phi) is 4.76. The van der Waals surface area contributed by atoms with Gasteiger partial charge in [0.1, 0.15) is 0 Å². The van der Waals surface area contributed by atoms with Crippen LogP contribution in [0.1, 0.15) is 23.9 Å². The smallest absolute Gasteiger partial charge is 0.207 e. The summed E-state index contributed by atoms with van der Waals surface area (Å²) >= 11 is 1.54. The highest BCUT2D eigenvalue weighted by Crippen LogP contribution is 2.15. The minimum absolute atomic E-state index is 0.00443. The molecule has 1 unspecified atom stereocenters. The Labute approximate surface area is 87.5 Å². The molecule has 0 bridgehead atoms. The summed E-state index contributed by atoms with van der Waals surface area (Å²) in [5, 5.41) is 8.97. The molecule has 1 rings (SSSR count). The third-order valence-corrected chi connectivity index (χ3v) is 3.06. The van der Waals surface area contributed by atoms with Crippen LogP contribution < -0.4 is 0 Å². The molecule has 0 radical (unpaired) electrons. The van der Waals surface area contributed by atoms with Crippen LogP contribution in [0.4, 0.5) is 0 Å². The van der Waals surface area contributed by atoms with Gasteiger partial charge in [-0.3, -0.25) is 4.79 Å². The molecule has 0 amide bonds. The number of aliphatic hydroxyl groups is 1. The van der Waals surface area contributed by atoms with E-state index in [2.05, 4.69) is 0 Å². The van der Waals surface area contributed by atoms with Gasteiger partial charge in [-0.25, -0.2) is 0 Å². The number of thioether (sulfide) groups is 1. The summed E-state index contributed by atoms with van der Waals surface area (Å²) in [5.74, 6) is 0.827. The molecule has 1 N–H and O–H groups in total. The molecule has 0 aliphatic heterocycles. The second-order valence-electron chi connectivity index (χ2n) is 3.03. The first-order chi connectivity index (χ1) is 6.74. The van der Waals surface area contributed by atoms with E-state index in [1.54, 1.807) is 12.1 Å². The molecule has 1 atom stereocenters. The number of Topliss-reactive ketones (excluding diaryl/α,β-unsaturated/α-hetero) is 1. The number of rotatable bonds is 6. The van der Waals surface area contributed by atoms with Gasteiger partial charge < -0.3 is 9.52 Å². The third-order valence-electron chi connectivity index (χ3n) is 1.83. The quantitative estimate of drug-likeness (QED) is 0.735. The Hall–Kier alpha value is -0.740. The average molecular weight is 214 g/mol. The van der Waals surface area contributed by atoms with E-state index in [1.807, 2.05) is 6.92 Å². The van der Waals surface area contributed by atoms with Crippen LogP contribution in [0.3, 0.4) is 0 Å². The van der Waals surface area contributed by atoms with E-state index in [1.165, 1.54) is 18.0 Å². The number of carbonyl (C=O) groups is 1. The summed E-state index contributed by atoms with van der Waals surface area (Å²) in [6, 6.07) is 3.37. The summed E-state index contributed by atoms with van der Waals surface area (Å²) in [7, 11) is 0. The molecule has 0 aliphatic rings. The van der Waals surface area contributed by atoms with Gasteiger partial charge in [0.25, 0.3) is 0 Å². The fraction of sp³-hybridized carbons (Fsp3) is 0.500. The monoisotopic (exact) mass is 214 g/mol. The molecule has 0 spiro atoms. The molecule has 78 valence electrons. The minimum Gasteiger partial charge on any atom is -0.461 e. The van der Waals surface area contributed by atoms with Gasteiger partial charge in [0.15, 0.2) is 5.76 Å². The lowest BCUT2D eigenvalue weighted by Gasteiger charge is -2.07. The van der Waals surface area contributed by atoms with E-state index < -0.39 is 0 Å². The van der Waals surface area contributed by atoms with Crippen molar-refractivity contribution in [2.24, 2.45) is 0 Å². The van der Waals surface area contributed by atoms with Gasteiger partial charge in [-0.1, -0.05) is 6.92 Å². The zero-order chi connectivity index (χ0) is 10.4. The van der Waals surface area contributed by atoms with E-state index in [-0.39, 0.29) is 12.4 Å². The van der Waals surface area contributed by atoms with Crippen LogP contribution in [0.25, 0.3) is 0 Å². The number of furan rings is 1. The predicted molar refractivity (Wildman–Crippen MR) is 56.7 cm³/mol. The Balaban J connectivity index is 2.28. The standard InChI is InChI=1S/C10H14O3S/c1-8(4-5-11)14-7-9(12)10-3-2-6-13-10/h2-3,6,8,11H,4-5,7H2,1H3. The van der Waals surface area contributed by atoms with Gasteiger partial charge in [0.2, 0.25) is 5.78 Å². The number of carbonyl (C=O) groups excluding carboxylic acids is 1. The van der Waals surface area contributed by atoms with Crippen molar-refractivity contribution in [3.8, 4) is 0 Å². The maximum Gasteiger partial charge on any atom is 0.207 e. The van der Waals surface area contributed by atoms with Crippen molar-refractivity contribution in [3.05, 3.63) is 24.2 Å². The van der Waals surface area contributed by atoms with Crippen molar-refractivity contribution >= 4 is 17.5 Å². The van der Waals surface area contributed by atoms with Crippen molar-refractivity contribution in [2.45, 2.75) is 18.6 Å². The first-order valence-corrected chi connectivity index (χ1v) is 5.58. The highest BCUT2D eigenvalue weighted by atomic mass is 32.2. The molecule has 1 aromatic heterocycles. The molecular weight excluding hydrogens is 200 g/mol. The molecule has 0 saturated heterocycles. The van der Waals surface area contributed by atoms with Crippen LogP contribution in [0.15, 0.2) is 22.8 Å². The molecule has 3 nitrogen and oxygen atoms in total. The highest BCUT2D eigenvalue weighted by molar-refractivity contribution is 8.00. The van der Waals surface area contributed by atoms with Crippen molar-refractivity contribution in [1.29, 1.82) is 0 Å². The fourth-order valence-corrected chi connectivity index (χ4v) is 1.84. The lowest BCUT2D eigenvalue weighted by Crippen LogP contribution is -2.06. The highest BCUT2D eigenvalue weighted by Gasteiger charge is 2.10.